The summed E-state index contributed by atoms with van der Waals surface area (Å²) in [6, 6.07) is 7.89. The summed E-state index contributed by atoms with van der Waals surface area (Å²) in [6.45, 7) is 5.86. The third-order valence-corrected chi connectivity index (χ3v) is 3.87. The van der Waals surface area contributed by atoms with Crippen LogP contribution >= 0.6 is 0 Å². The van der Waals surface area contributed by atoms with Gasteiger partial charge in [0, 0.05) is 23.7 Å². The van der Waals surface area contributed by atoms with Crippen LogP contribution in [-0.2, 0) is 7.05 Å². The lowest BCUT2D eigenvalue weighted by Gasteiger charge is -2.08. The smallest absolute Gasteiger partial charge is 0.140 e. The van der Waals surface area contributed by atoms with E-state index < -0.39 is 6.10 Å². The van der Waals surface area contributed by atoms with Crippen molar-refractivity contribution in [2.24, 2.45) is 7.05 Å². The number of nitrogens with zero attached hydrogens (tertiary/aromatic N) is 2. The summed E-state index contributed by atoms with van der Waals surface area (Å²) in [6.07, 6.45) is -0.782. The maximum absolute atomic E-state index is 10.6. The summed E-state index contributed by atoms with van der Waals surface area (Å²) in [7, 11) is 1.88. The van der Waals surface area contributed by atoms with Crippen molar-refractivity contribution in [2.75, 3.05) is 0 Å². The van der Waals surface area contributed by atoms with Crippen LogP contribution in [0.15, 0.2) is 28.7 Å². The SMILES string of the molecule is Cc1nn(C)c(C)c1C(O)c1cc2cccc(C)c2o1. The highest BCUT2D eigenvalue weighted by Gasteiger charge is 2.23. The Morgan fingerprint density at radius 2 is 2.00 bits per heavy atom. The second-order valence-electron chi connectivity index (χ2n) is 5.25. The summed E-state index contributed by atoms with van der Waals surface area (Å²) < 4.78 is 7.63. The van der Waals surface area contributed by atoms with Crippen molar-refractivity contribution >= 4 is 11.0 Å². The fourth-order valence-electron chi connectivity index (χ4n) is 2.69. The highest BCUT2D eigenvalue weighted by Crippen LogP contribution is 2.32. The number of hydrogen-bond acceptors (Lipinski definition) is 3. The normalized spacial score (nSPS) is 13.1. The van der Waals surface area contributed by atoms with Gasteiger partial charge in [-0.15, -0.1) is 0 Å². The van der Waals surface area contributed by atoms with Gasteiger partial charge in [0.15, 0.2) is 0 Å². The van der Waals surface area contributed by atoms with Crippen LogP contribution in [-0.4, -0.2) is 14.9 Å². The molecular weight excluding hydrogens is 252 g/mol. The van der Waals surface area contributed by atoms with Crippen LogP contribution in [0.4, 0.5) is 0 Å². The number of para-hydroxylation sites is 1. The quantitative estimate of drug-likeness (QED) is 0.778. The van der Waals surface area contributed by atoms with Gasteiger partial charge in [-0.2, -0.15) is 5.10 Å². The number of furan rings is 1. The van der Waals surface area contributed by atoms with E-state index in [0.717, 1.165) is 33.5 Å². The van der Waals surface area contributed by atoms with E-state index in [1.807, 2.05) is 52.1 Å². The van der Waals surface area contributed by atoms with Gasteiger partial charge in [0.2, 0.25) is 0 Å². The number of aliphatic hydroxyl groups excluding tert-OH is 1. The molecule has 2 heterocycles. The Morgan fingerprint density at radius 1 is 1.25 bits per heavy atom. The van der Waals surface area contributed by atoms with E-state index in [4.69, 9.17) is 4.42 Å². The summed E-state index contributed by atoms with van der Waals surface area (Å²) in [4.78, 5) is 0. The molecule has 0 bridgehead atoms. The first kappa shape index (κ1) is 12.9. The van der Waals surface area contributed by atoms with Gasteiger partial charge in [-0.1, -0.05) is 18.2 Å². The average molecular weight is 270 g/mol. The van der Waals surface area contributed by atoms with E-state index in [9.17, 15) is 5.11 Å². The molecule has 0 aliphatic rings. The van der Waals surface area contributed by atoms with Crippen LogP contribution in [0.2, 0.25) is 0 Å². The van der Waals surface area contributed by atoms with Gasteiger partial charge in [-0.05, 0) is 32.4 Å². The molecule has 0 aliphatic heterocycles. The molecular formula is C16H18N2O2. The molecule has 1 atom stereocenters. The minimum absolute atomic E-state index is 0.563. The molecule has 0 saturated carbocycles. The predicted octanol–water partition coefficient (Wildman–Crippen LogP) is 3.17. The molecule has 20 heavy (non-hydrogen) atoms. The zero-order valence-electron chi connectivity index (χ0n) is 12.1. The highest BCUT2D eigenvalue weighted by atomic mass is 16.4. The largest absolute Gasteiger partial charge is 0.458 e. The number of hydrogen-bond donors (Lipinski definition) is 1. The Bertz CT molecular complexity index is 783. The number of benzene rings is 1. The van der Waals surface area contributed by atoms with Crippen molar-refractivity contribution in [3.63, 3.8) is 0 Å². The zero-order chi connectivity index (χ0) is 14.4. The molecule has 0 radical (unpaired) electrons. The second-order valence-corrected chi connectivity index (χ2v) is 5.25. The molecule has 0 spiro atoms. The molecule has 3 rings (SSSR count). The summed E-state index contributed by atoms with van der Waals surface area (Å²) in [5.41, 5.74) is 4.51. The van der Waals surface area contributed by atoms with Crippen LogP contribution in [0.3, 0.4) is 0 Å². The van der Waals surface area contributed by atoms with E-state index in [0.29, 0.717) is 5.76 Å². The number of aryl methyl sites for hydroxylation is 3. The lowest BCUT2D eigenvalue weighted by molar-refractivity contribution is 0.190. The Labute approximate surface area is 117 Å². The van der Waals surface area contributed by atoms with Crippen molar-refractivity contribution in [2.45, 2.75) is 26.9 Å². The average Bonchev–Trinajstić information content (AvgIpc) is 2.93. The lowest BCUT2D eigenvalue weighted by atomic mass is 10.1. The molecule has 2 aromatic heterocycles. The van der Waals surface area contributed by atoms with Crippen LogP contribution in [0.25, 0.3) is 11.0 Å². The van der Waals surface area contributed by atoms with Gasteiger partial charge in [0.1, 0.15) is 17.4 Å². The fraction of sp³-hybridized carbons (Fsp3) is 0.312. The van der Waals surface area contributed by atoms with Gasteiger partial charge in [0.25, 0.3) is 0 Å². The maximum Gasteiger partial charge on any atom is 0.140 e. The Balaban J connectivity index is 2.13. The van der Waals surface area contributed by atoms with Crippen LogP contribution in [0, 0.1) is 20.8 Å². The first-order chi connectivity index (χ1) is 9.49. The van der Waals surface area contributed by atoms with Crippen LogP contribution in [0.5, 0.6) is 0 Å². The Morgan fingerprint density at radius 3 is 2.60 bits per heavy atom. The zero-order valence-corrected chi connectivity index (χ0v) is 12.1. The van der Waals surface area contributed by atoms with Gasteiger partial charge >= 0.3 is 0 Å². The Hall–Kier alpha value is -2.07. The predicted molar refractivity (Wildman–Crippen MR) is 77.7 cm³/mol. The van der Waals surface area contributed by atoms with E-state index in [-0.39, 0.29) is 0 Å². The number of aliphatic hydroxyl groups is 1. The van der Waals surface area contributed by atoms with E-state index >= 15 is 0 Å². The molecule has 1 aromatic carbocycles. The third kappa shape index (κ3) is 1.84. The van der Waals surface area contributed by atoms with Crippen molar-refractivity contribution in [3.8, 4) is 0 Å². The molecule has 1 N–H and O–H groups in total. The summed E-state index contributed by atoms with van der Waals surface area (Å²) in [5, 5.41) is 16.0. The fourth-order valence-corrected chi connectivity index (χ4v) is 2.69. The topological polar surface area (TPSA) is 51.2 Å². The standard InChI is InChI=1S/C16H18N2O2/c1-9-6-5-7-12-8-13(20-16(9)12)15(19)14-10(2)17-18(4)11(14)3/h5-8,15,19H,1-4H3. The van der Waals surface area contributed by atoms with Crippen LogP contribution < -0.4 is 0 Å². The van der Waals surface area contributed by atoms with Gasteiger partial charge < -0.3 is 9.52 Å². The monoisotopic (exact) mass is 270 g/mol. The van der Waals surface area contributed by atoms with Crippen molar-refractivity contribution in [1.29, 1.82) is 0 Å². The minimum Gasteiger partial charge on any atom is -0.458 e. The minimum atomic E-state index is -0.782. The number of aromatic nitrogens is 2. The van der Waals surface area contributed by atoms with E-state index in [2.05, 4.69) is 5.10 Å². The first-order valence-corrected chi connectivity index (χ1v) is 6.66. The molecule has 1 unspecified atom stereocenters. The number of rotatable bonds is 2. The molecule has 4 heteroatoms. The molecule has 0 aliphatic carbocycles. The summed E-state index contributed by atoms with van der Waals surface area (Å²) in [5.74, 6) is 0.563. The molecule has 0 saturated heterocycles. The van der Waals surface area contributed by atoms with Crippen molar-refractivity contribution < 1.29 is 9.52 Å². The molecule has 4 nitrogen and oxygen atoms in total. The second kappa shape index (κ2) is 4.49. The van der Waals surface area contributed by atoms with Gasteiger partial charge in [-0.25, -0.2) is 0 Å². The Kier molecular flexibility index (Phi) is 2.91. The third-order valence-electron chi connectivity index (χ3n) is 3.87. The van der Waals surface area contributed by atoms with E-state index in [1.54, 1.807) is 4.68 Å². The van der Waals surface area contributed by atoms with Gasteiger partial charge in [-0.3, -0.25) is 4.68 Å². The van der Waals surface area contributed by atoms with Crippen molar-refractivity contribution in [1.82, 2.24) is 9.78 Å². The molecule has 0 fully saturated rings. The molecule has 104 valence electrons. The summed E-state index contributed by atoms with van der Waals surface area (Å²) >= 11 is 0. The number of fused-ring (bicyclic) bond motifs is 1. The van der Waals surface area contributed by atoms with Crippen molar-refractivity contribution in [3.05, 3.63) is 52.5 Å². The molecule has 3 aromatic rings. The lowest BCUT2D eigenvalue weighted by Crippen LogP contribution is -2.02. The molecule has 0 amide bonds. The highest BCUT2D eigenvalue weighted by molar-refractivity contribution is 5.81. The van der Waals surface area contributed by atoms with Gasteiger partial charge in [0.05, 0.1) is 5.69 Å². The van der Waals surface area contributed by atoms with Crippen LogP contribution in [0.1, 0.15) is 34.4 Å². The maximum atomic E-state index is 10.6. The van der Waals surface area contributed by atoms with E-state index in [1.165, 1.54) is 0 Å². The first-order valence-electron chi connectivity index (χ1n) is 6.66.